The van der Waals surface area contributed by atoms with E-state index in [1.54, 1.807) is 43.3 Å². The number of hydrogen-bond donors (Lipinski definition) is 1. The maximum Gasteiger partial charge on any atom is 0.306 e. The number of ether oxygens (including phenoxy) is 1. The van der Waals surface area contributed by atoms with Gasteiger partial charge in [0.15, 0.2) is 12.4 Å². The highest BCUT2D eigenvalue weighted by Crippen LogP contribution is 2.31. The van der Waals surface area contributed by atoms with E-state index >= 15 is 0 Å². The summed E-state index contributed by atoms with van der Waals surface area (Å²) >= 11 is 0. The molecule has 2 aromatic rings. The zero-order valence-electron chi connectivity index (χ0n) is 17.0. The molecule has 30 heavy (non-hydrogen) atoms. The number of carbonyl (C=O) groups is 4. The molecule has 3 rings (SSSR count). The molecular formula is C23H24N2O5. The van der Waals surface area contributed by atoms with Gasteiger partial charge in [0.05, 0.1) is 17.8 Å². The van der Waals surface area contributed by atoms with E-state index in [4.69, 9.17) is 4.74 Å². The number of nitrogens with one attached hydrogen (secondary N) is 1. The first kappa shape index (κ1) is 21.2. The summed E-state index contributed by atoms with van der Waals surface area (Å²) in [6.07, 6.45) is 0.0447. The van der Waals surface area contributed by atoms with Crippen LogP contribution in [0.2, 0.25) is 0 Å². The van der Waals surface area contributed by atoms with Gasteiger partial charge in [-0.25, -0.2) is 0 Å². The average Bonchev–Trinajstić information content (AvgIpc) is 2.84. The molecule has 1 heterocycles. The molecule has 0 aliphatic carbocycles. The Bertz CT molecular complexity index is 968. The molecule has 1 aliphatic heterocycles. The molecule has 0 saturated heterocycles. The lowest BCUT2D eigenvalue weighted by Gasteiger charge is -2.27. The van der Waals surface area contributed by atoms with Crippen LogP contribution in [0.4, 0.5) is 11.4 Å². The lowest BCUT2D eigenvalue weighted by Crippen LogP contribution is -2.41. The van der Waals surface area contributed by atoms with Crippen molar-refractivity contribution in [1.29, 1.82) is 0 Å². The molecule has 7 nitrogen and oxygen atoms in total. The van der Waals surface area contributed by atoms with Crippen molar-refractivity contribution < 1.29 is 23.9 Å². The van der Waals surface area contributed by atoms with Gasteiger partial charge in [-0.1, -0.05) is 42.0 Å². The number of para-hydroxylation sites is 2. The summed E-state index contributed by atoms with van der Waals surface area (Å²) in [5.74, 6) is -1.38. The molecule has 1 N–H and O–H groups in total. The van der Waals surface area contributed by atoms with Crippen molar-refractivity contribution in [3.8, 4) is 0 Å². The third-order valence-corrected chi connectivity index (χ3v) is 4.91. The van der Waals surface area contributed by atoms with Crippen molar-refractivity contribution in [3.63, 3.8) is 0 Å². The number of aryl methyl sites for hydroxylation is 1. The summed E-state index contributed by atoms with van der Waals surface area (Å²) < 4.78 is 5.11. The van der Waals surface area contributed by atoms with Crippen LogP contribution in [0.25, 0.3) is 0 Å². The molecule has 0 spiro atoms. The van der Waals surface area contributed by atoms with Crippen LogP contribution in [0.3, 0.4) is 0 Å². The highest BCUT2D eigenvalue weighted by atomic mass is 16.5. The van der Waals surface area contributed by atoms with Crippen LogP contribution in [0.5, 0.6) is 0 Å². The fourth-order valence-electron chi connectivity index (χ4n) is 3.35. The quantitative estimate of drug-likeness (QED) is 0.585. The minimum atomic E-state index is -0.617. The van der Waals surface area contributed by atoms with Gasteiger partial charge in [-0.15, -0.1) is 0 Å². The monoisotopic (exact) mass is 408 g/mol. The van der Waals surface area contributed by atoms with E-state index in [0.29, 0.717) is 16.9 Å². The summed E-state index contributed by atoms with van der Waals surface area (Å²) in [5.41, 5.74) is 2.68. The second-order valence-corrected chi connectivity index (χ2v) is 7.33. The molecule has 7 heteroatoms. The van der Waals surface area contributed by atoms with E-state index in [2.05, 4.69) is 5.32 Å². The van der Waals surface area contributed by atoms with Gasteiger partial charge in [-0.2, -0.15) is 0 Å². The maximum absolute atomic E-state index is 12.8. The van der Waals surface area contributed by atoms with E-state index in [-0.39, 0.29) is 37.0 Å². The molecule has 0 aromatic heterocycles. The first-order valence-corrected chi connectivity index (χ1v) is 9.81. The third kappa shape index (κ3) is 5.11. The maximum atomic E-state index is 12.8. The molecule has 1 atom stereocenters. The van der Waals surface area contributed by atoms with Gasteiger partial charge in [-0.3, -0.25) is 19.2 Å². The lowest BCUT2D eigenvalue weighted by atomic mass is 10.1. The van der Waals surface area contributed by atoms with Gasteiger partial charge in [-0.05, 0) is 26.0 Å². The Kier molecular flexibility index (Phi) is 6.61. The zero-order valence-corrected chi connectivity index (χ0v) is 17.0. The van der Waals surface area contributed by atoms with Crippen molar-refractivity contribution in [2.24, 2.45) is 0 Å². The summed E-state index contributed by atoms with van der Waals surface area (Å²) in [7, 11) is 0. The van der Waals surface area contributed by atoms with Gasteiger partial charge in [0.1, 0.15) is 0 Å². The number of amides is 2. The van der Waals surface area contributed by atoms with Crippen molar-refractivity contribution in [3.05, 3.63) is 59.7 Å². The molecule has 0 radical (unpaired) electrons. The van der Waals surface area contributed by atoms with E-state index in [9.17, 15) is 19.2 Å². The number of anilines is 2. The number of fused-ring (bicyclic) bond motifs is 1. The molecule has 0 saturated carbocycles. The Hall–Kier alpha value is -3.48. The van der Waals surface area contributed by atoms with Gasteiger partial charge >= 0.3 is 5.97 Å². The number of nitrogens with zero attached hydrogens (tertiary/aromatic N) is 1. The van der Waals surface area contributed by atoms with Gasteiger partial charge in [0, 0.05) is 24.4 Å². The SMILES string of the molecule is Cc1ccc(C(=O)CCC(=O)OCC(=O)N2c3ccccc3NC(=O)C[C@H]2C)cc1. The molecule has 2 amide bonds. The zero-order chi connectivity index (χ0) is 21.7. The van der Waals surface area contributed by atoms with Gasteiger partial charge in [0.25, 0.3) is 5.91 Å². The Labute approximate surface area is 175 Å². The van der Waals surface area contributed by atoms with Gasteiger partial charge < -0.3 is 15.0 Å². The largest absolute Gasteiger partial charge is 0.456 e. The van der Waals surface area contributed by atoms with Crippen LogP contribution in [0.15, 0.2) is 48.5 Å². The number of ketones is 1. The van der Waals surface area contributed by atoms with Crippen LogP contribution in [-0.2, 0) is 19.1 Å². The smallest absolute Gasteiger partial charge is 0.306 e. The van der Waals surface area contributed by atoms with Crippen LogP contribution < -0.4 is 10.2 Å². The Morgan fingerprint density at radius 2 is 1.77 bits per heavy atom. The van der Waals surface area contributed by atoms with E-state index in [1.165, 1.54) is 4.90 Å². The van der Waals surface area contributed by atoms with Crippen molar-refractivity contribution >= 4 is 34.9 Å². The second-order valence-electron chi connectivity index (χ2n) is 7.33. The number of Topliss-reactive ketones (excluding diaryl/α,β-unsaturated/α-hetero) is 1. The van der Waals surface area contributed by atoms with E-state index < -0.39 is 18.5 Å². The Balaban J connectivity index is 1.57. The second kappa shape index (κ2) is 9.35. The Morgan fingerprint density at radius 1 is 1.07 bits per heavy atom. The molecule has 0 bridgehead atoms. The summed E-state index contributed by atoms with van der Waals surface area (Å²) in [6.45, 7) is 3.24. The summed E-state index contributed by atoms with van der Waals surface area (Å²) in [4.78, 5) is 50.5. The lowest BCUT2D eigenvalue weighted by molar-refractivity contribution is -0.147. The number of carbonyl (C=O) groups excluding carboxylic acids is 4. The molecular weight excluding hydrogens is 384 g/mol. The predicted octanol–water partition coefficient (Wildman–Crippen LogP) is 3.27. The van der Waals surface area contributed by atoms with Crippen LogP contribution in [0.1, 0.15) is 42.1 Å². The summed E-state index contributed by atoms with van der Waals surface area (Å²) in [5, 5.41) is 2.78. The number of hydrogen-bond acceptors (Lipinski definition) is 5. The van der Waals surface area contributed by atoms with E-state index in [1.807, 2.05) is 19.1 Å². The van der Waals surface area contributed by atoms with Crippen molar-refractivity contribution in [2.45, 2.75) is 39.2 Å². The standard InChI is InChI=1S/C23H24N2O5/c1-15-7-9-17(10-8-15)20(26)11-12-23(29)30-14-22(28)25-16(2)13-21(27)24-18-5-3-4-6-19(18)25/h3-10,16H,11-14H2,1-2H3,(H,24,27)/t16-/m1/s1. The fraction of sp³-hybridized carbons (Fsp3) is 0.304. The molecule has 0 fully saturated rings. The first-order valence-electron chi connectivity index (χ1n) is 9.81. The first-order chi connectivity index (χ1) is 14.3. The highest BCUT2D eigenvalue weighted by molar-refractivity contribution is 6.05. The molecule has 2 aromatic carbocycles. The van der Waals surface area contributed by atoms with Crippen LogP contribution in [-0.4, -0.2) is 36.2 Å². The van der Waals surface area contributed by atoms with Crippen molar-refractivity contribution in [1.82, 2.24) is 0 Å². The molecule has 1 aliphatic rings. The highest BCUT2D eigenvalue weighted by Gasteiger charge is 2.30. The number of rotatable bonds is 6. The normalized spacial score (nSPS) is 15.6. The molecule has 0 unspecified atom stereocenters. The predicted molar refractivity (Wildman–Crippen MR) is 112 cm³/mol. The minimum absolute atomic E-state index is 0.0114. The fourth-order valence-corrected chi connectivity index (χ4v) is 3.35. The Morgan fingerprint density at radius 3 is 2.50 bits per heavy atom. The number of benzene rings is 2. The van der Waals surface area contributed by atoms with Crippen LogP contribution >= 0.6 is 0 Å². The topological polar surface area (TPSA) is 92.8 Å². The van der Waals surface area contributed by atoms with E-state index in [0.717, 1.165) is 5.56 Å². The minimum Gasteiger partial charge on any atom is -0.456 e. The van der Waals surface area contributed by atoms with Gasteiger partial charge in [0.2, 0.25) is 5.91 Å². The summed E-state index contributed by atoms with van der Waals surface area (Å²) in [6, 6.07) is 13.7. The van der Waals surface area contributed by atoms with Crippen molar-refractivity contribution in [2.75, 3.05) is 16.8 Å². The molecule has 156 valence electrons. The average molecular weight is 408 g/mol. The van der Waals surface area contributed by atoms with Crippen LogP contribution in [0, 0.1) is 6.92 Å². The number of esters is 1. The third-order valence-electron chi connectivity index (χ3n) is 4.91.